The zero-order chi connectivity index (χ0) is 20.1. The molecule has 0 atom stereocenters. The summed E-state index contributed by atoms with van der Waals surface area (Å²) in [5, 5.41) is 1.36. The molecule has 0 saturated heterocycles. The number of amides is 1. The average molecular weight is 419 g/mol. The molecule has 3 rings (SSSR count). The number of likely N-dealkylation sites (N-methyl/N-ethyl adjacent to an activating group) is 1. The standard InChI is InChI=1S/C21H24ClN3O2S/c1-4-24(5-2)11-12-25(20(26)15-7-6-8-17(13-15)27-3)21-23-18-10-9-16(22)14-19(18)28-21/h6-10,13-14H,4-5,11-12H2,1-3H3/p+1. The summed E-state index contributed by atoms with van der Waals surface area (Å²) in [6, 6.07) is 12.8. The van der Waals surface area contributed by atoms with E-state index in [9.17, 15) is 4.79 Å². The van der Waals surface area contributed by atoms with E-state index in [1.807, 2.05) is 36.4 Å². The number of thiazole rings is 1. The molecule has 0 bridgehead atoms. The number of anilines is 1. The van der Waals surface area contributed by atoms with Gasteiger partial charge in [0.1, 0.15) is 5.75 Å². The van der Waals surface area contributed by atoms with E-state index in [4.69, 9.17) is 21.3 Å². The number of rotatable bonds is 8. The smallest absolute Gasteiger partial charge is 0.260 e. The molecule has 28 heavy (non-hydrogen) atoms. The van der Waals surface area contributed by atoms with Crippen molar-refractivity contribution < 1.29 is 14.4 Å². The number of carbonyl (C=O) groups excluding carboxylic acids is 1. The van der Waals surface area contributed by atoms with Crippen molar-refractivity contribution in [2.45, 2.75) is 13.8 Å². The monoisotopic (exact) mass is 418 g/mol. The number of hydrogen-bond acceptors (Lipinski definition) is 4. The van der Waals surface area contributed by atoms with Crippen LogP contribution in [0.4, 0.5) is 5.13 Å². The highest BCUT2D eigenvalue weighted by molar-refractivity contribution is 7.22. The van der Waals surface area contributed by atoms with Gasteiger partial charge in [0.2, 0.25) is 0 Å². The maximum atomic E-state index is 13.3. The largest absolute Gasteiger partial charge is 0.497 e. The Balaban J connectivity index is 1.96. The first-order chi connectivity index (χ1) is 13.5. The summed E-state index contributed by atoms with van der Waals surface area (Å²) in [5.41, 5.74) is 1.44. The first kappa shape index (κ1) is 20.6. The third kappa shape index (κ3) is 4.63. The number of aromatic nitrogens is 1. The van der Waals surface area contributed by atoms with E-state index in [0.29, 0.717) is 28.0 Å². The maximum absolute atomic E-state index is 13.3. The van der Waals surface area contributed by atoms with Crippen LogP contribution in [0.5, 0.6) is 5.75 Å². The second-order valence-electron chi connectivity index (χ2n) is 6.50. The Morgan fingerprint density at radius 2 is 2.00 bits per heavy atom. The molecule has 1 aromatic heterocycles. The minimum Gasteiger partial charge on any atom is -0.497 e. The normalized spacial score (nSPS) is 11.2. The van der Waals surface area contributed by atoms with Gasteiger partial charge in [-0.2, -0.15) is 0 Å². The molecule has 0 unspecified atom stereocenters. The summed E-state index contributed by atoms with van der Waals surface area (Å²) in [5.74, 6) is 0.590. The molecule has 148 valence electrons. The van der Waals surface area contributed by atoms with Crippen molar-refractivity contribution in [2.24, 2.45) is 0 Å². The lowest BCUT2D eigenvalue weighted by Crippen LogP contribution is -3.12. The number of fused-ring (bicyclic) bond motifs is 1. The number of ether oxygens (including phenoxy) is 1. The molecule has 1 heterocycles. The number of quaternary nitrogens is 1. The van der Waals surface area contributed by atoms with Crippen LogP contribution in [0.15, 0.2) is 42.5 Å². The van der Waals surface area contributed by atoms with Gasteiger partial charge in [0.25, 0.3) is 5.91 Å². The molecule has 1 N–H and O–H groups in total. The van der Waals surface area contributed by atoms with Crippen LogP contribution in [0.25, 0.3) is 10.2 Å². The van der Waals surface area contributed by atoms with Crippen molar-refractivity contribution in [1.29, 1.82) is 0 Å². The highest BCUT2D eigenvalue weighted by Crippen LogP contribution is 2.31. The predicted octanol–water partition coefficient (Wildman–Crippen LogP) is 3.53. The molecule has 3 aromatic rings. The lowest BCUT2D eigenvalue weighted by Gasteiger charge is -2.23. The maximum Gasteiger partial charge on any atom is 0.260 e. The fourth-order valence-corrected chi connectivity index (χ4v) is 4.34. The zero-order valence-electron chi connectivity index (χ0n) is 16.4. The molecule has 0 radical (unpaired) electrons. The van der Waals surface area contributed by atoms with Crippen molar-refractivity contribution in [3.63, 3.8) is 0 Å². The Kier molecular flexibility index (Phi) is 6.88. The highest BCUT2D eigenvalue weighted by Gasteiger charge is 2.23. The van der Waals surface area contributed by atoms with Crippen molar-refractivity contribution in [2.75, 3.05) is 38.2 Å². The van der Waals surface area contributed by atoms with Crippen LogP contribution in [0.1, 0.15) is 24.2 Å². The number of halogens is 1. The van der Waals surface area contributed by atoms with Gasteiger partial charge < -0.3 is 9.64 Å². The lowest BCUT2D eigenvalue weighted by atomic mass is 10.2. The van der Waals surface area contributed by atoms with Gasteiger partial charge >= 0.3 is 0 Å². The van der Waals surface area contributed by atoms with Gasteiger partial charge in [0.05, 0.1) is 43.5 Å². The summed E-state index contributed by atoms with van der Waals surface area (Å²) in [6.07, 6.45) is 0. The number of nitrogens with one attached hydrogen (secondary N) is 1. The van der Waals surface area contributed by atoms with Gasteiger partial charge in [-0.25, -0.2) is 4.98 Å². The van der Waals surface area contributed by atoms with E-state index in [1.165, 1.54) is 16.2 Å². The molecule has 0 aliphatic rings. The molecular weight excluding hydrogens is 394 g/mol. The molecule has 1 amide bonds. The molecule has 0 aliphatic heterocycles. The Morgan fingerprint density at radius 3 is 2.71 bits per heavy atom. The number of hydrogen-bond donors (Lipinski definition) is 1. The van der Waals surface area contributed by atoms with Crippen LogP contribution in [0, 0.1) is 0 Å². The number of nitrogens with zero attached hydrogens (tertiary/aromatic N) is 2. The van der Waals surface area contributed by atoms with E-state index < -0.39 is 0 Å². The second-order valence-corrected chi connectivity index (χ2v) is 7.95. The molecule has 2 aromatic carbocycles. The second kappa shape index (κ2) is 9.37. The minimum atomic E-state index is -0.0735. The summed E-state index contributed by atoms with van der Waals surface area (Å²) in [7, 11) is 1.60. The molecule has 0 saturated carbocycles. The Hall–Kier alpha value is -2.15. The van der Waals surface area contributed by atoms with Crippen LogP contribution >= 0.6 is 22.9 Å². The predicted molar refractivity (Wildman–Crippen MR) is 116 cm³/mol. The van der Waals surface area contributed by atoms with E-state index in [2.05, 4.69) is 13.8 Å². The number of benzene rings is 2. The number of carbonyl (C=O) groups is 1. The zero-order valence-corrected chi connectivity index (χ0v) is 17.9. The molecule has 0 aliphatic carbocycles. The topological polar surface area (TPSA) is 46.9 Å². The van der Waals surface area contributed by atoms with Crippen LogP contribution in [0.2, 0.25) is 5.02 Å². The van der Waals surface area contributed by atoms with Gasteiger partial charge in [0, 0.05) is 10.6 Å². The van der Waals surface area contributed by atoms with Gasteiger partial charge in [-0.15, -0.1) is 0 Å². The fourth-order valence-electron chi connectivity index (χ4n) is 3.07. The average Bonchev–Trinajstić information content (AvgIpc) is 3.13. The van der Waals surface area contributed by atoms with E-state index in [1.54, 1.807) is 18.1 Å². The van der Waals surface area contributed by atoms with Gasteiger partial charge in [0.15, 0.2) is 5.13 Å². The third-order valence-corrected chi connectivity index (χ3v) is 6.10. The summed E-state index contributed by atoms with van der Waals surface area (Å²) in [4.78, 5) is 21.3. The fraction of sp³-hybridized carbons (Fsp3) is 0.333. The van der Waals surface area contributed by atoms with Crippen LogP contribution in [-0.2, 0) is 0 Å². The summed E-state index contributed by atoms with van der Waals surface area (Å²) < 4.78 is 6.26. The molecular formula is C21H25ClN3O2S+. The molecule has 0 fully saturated rings. The van der Waals surface area contributed by atoms with Gasteiger partial charge in [-0.3, -0.25) is 9.69 Å². The van der Waals surface area contributed by atoms with Crippen LogP contribution in [0.3, 0.4) is 0 Å². The third-order valence-electron chi connectivity index (χ3n) is 4.82. The van der Waals surface area contributed by atoms with Crippen molar-refractivity contribution in [3.05, 3.63) is 53.1 Å². The van der Waals surface area contributed by atoms with Crippen LogP contribution < -0.4 is 14.5 Å². The van der Waals surface area contributed by atoms with Crippen molar-refractivity contribution >= 4 is 44.2 Å². The van der Waals surface area contributed by atoms with Gasteiger partial charge in [-0.05, 0) is 50.2 Å². The van der Waals surface area contributed by atoms with Crippen molar-refractivity contribution in [3.8, 4) is 5.75 Å². The van der Waals surface area contributed by atoms with E-state index >= 15 is 0 Å². The molecule has 5 nitrogen and oxygen atoms in total. The quantitative estimate of drug-likeness (QED) is 0.608. The number of methoxy groups -OCH3 is 1. The SMILES string of the molecule is CC[NH+](CC)CCN(C(=O)c1cccc(OC)c1)c1nc2ccc(Cl)cc2s1. The Bertz CT molecular complexity index is 956. The van der Waals surface area contributed by atoms with Gasteiger partial charge in [-0.1, -0.05) is 29.0 Å². The molecule has 0 spiro atoms. The minimum absolute atomic E-state index is 0.0735. The Labute approximate surface area is 174 Å². The molecule has 7 heteroatoms. The van der Waals surface area contributed by atoms with Crippen LogP contribution in [-0.4, -0.2) is 44.2 Å². The first-order valence-corrected chi connectivity index (χ1v) is 10.6. The highest BCUT2D eigenvalue weighted by atomic mass is 35.5. The van der Waals surface area contributed by atoms with E-state index in [-0.39, 0.29) is 5.91 Å². The Morgan fingerprint density at radius 1 is 1.21 bits per heavy atom. The summed E-state index contributed by atoms with van der Waals surface area (Å²) >= 11 is 7.61. The summed E-state index contributed by atoms with van der Waals surface area (Å²) in [6.45, 7) is 7.82. The lowest BCUT2D eigenvalue weighted by molar-refractivity contribution is -0.894. The van der Waals surface area contributed by atoms with Crippen molar-refractivity contribution in [1.82, 2.24) is 4.98 Å². The van der Waals surface area contributed by atoms with E-state index in [0.717, 1.165) is 29.9 Å². The first-order valence-electron chi connectivity index (χ1n) is 9.41.